The van der Waals surface area contributed by atoms with Crippen LogP contribution in [-0.4, -0.2) is 39.6 Å². The molecule has 3 rings (SSSR count). The summed E-state index contributed by atoms with van der Waals surface area (Å²) in [5.74, 6) is -0.0125. The van der Waals surface area contributed by atoms with Crippen LogP contribution in [0.4, 0.5) is 5.82 Å². The van der Waals surface area contributed by atoms with Crippen LogP contribution in [0.25, 0.3) is 5.69 Å². The van der Waals surface area contributed by atoms with E-state index in [4.69, 9.17) is 28.3 Å². The number of aryl methyl sites for hydroxylation is 1. The SMILES string of the molecule is CCCCN(CC(=O)Nc1cc(C(C)(C)C)nn1-c1cccc(C)c1)C(=O)c1ccc(Cl)c(Cl)c1. The summed E-state index contributed by atoms with van der Waals surface area (Å²) in [5, 5.41) is 8.42. The maximum absolute atomic E-state index is 13.2. The van der Waals surface area contributed by atoms with Gasteiger partial charge >= 0.3 is 0 Å². The Kier molecular flexibility index (Phi) is 8.62. The lowest BCUT2D eigenvalue weighted by molar-refractivity contribution is -0.116. The summed E-state index contributed by atoms with van der Waals surface area (Å²) in [6.45, 7) is 10.6. The van der Waals surface area contributed by atoms with Gasteiger partial charge in [0.2, 0.25) is 5.91 Å². The first-order valence-corrected chi connectivity index (χ1v) is 12.5. The molecule has 0 spiro atoms. The lowest BCUT2D eigenvalue weighted by atomic mass is 9.92. The van der Waals surface area contributed by atoms with Crippen LogP contribution < -0.4 is 5.32 Å². The molecule has 8 heteroatoms. The Labute approximate surface area is 217 Å². The Morgan fingerprint density at radius 1 is 1.06 bits per heavy atom. The predicted molar refractivity (Wildman–Crippen MR) is 143 cm³/mol. The Morgan fingerprint density at radius 3 is 2.43 bits per heavy atom. The molecule has 1 N–H and O–H groups in total. The number of rotatable bonds is 8. The van der Waals surface area contributed by atoms with Gasteiger partial charge in [0.15, 0.2) is 0 Å². The fourth-order valence-electron chi connectivity index (χ4n) is 3.56. The second-order valence-electron chi connectivity index (χ2n) is 9.67. The van der Waals surface area contributed by atoms with Gasteiger partial charge in [-0.1, -0.05) is 69.5 Å². The number of carbonyl (C=O) groups is 2. The summed E-state index contributed by atoms with van der Waals surface area (Å²) < 4.78 is 1.74. The second-order valence-corrected chi connectivity index (χ2v) is 10.5. The summed E-state index contributed by atoms with van der Waals surface area (Å²) in [4.78, 5) is 27.9. The molecule has 2 aromatic carbocycles. The topological polar surface area (TPSA) is 67.2 Å². The van der Waals surface area contributed by atoms with Crippen LogP contribution in [0.1, 0.15) is 62.2 Å². The molecule has 0 saturated carbocycles. The average Bonchev–Trinajstić information content (AvgIpc) is 3.22. The molecule has 2 amide bonds. The number of nitrogens with one attached hydrogen (secondary N) is 1. The van der Waals surface area contributed by atoms with Gasteiger partial charge in [-0.25, -0.2) is 4.68 Å². The van der Waals surface area contributed by atoms with E-state index in [1.807, 2.05) is 44.2 Å². The summed E-state index contributed by atoms with van der Waals surface area (Å²) >= 11 is 12.1. The van der Waals surface area contributed by atoms with Crippen LogP contribution in [-0.2, 0) is 10.2 Å². The Bertz CT molecular complexity index is 1210. The van der Waals surface area contributed by atoms with Crippen molar-refractivity contribution in [1.82, 2.24) is 14.7 Å². The maximum atomic E-state index is 13.2. The van der Waals surface area contributed by atoms with Crippen molar-refractivity contribution in [3.05, 3.63) is 75.4 Å². The standard InChI is InChI=1S/C27H32Cl2N4O2/c1-6-7-13-32(26(35)19-11-12-21(28)22(29)15-19)17-25(34)30-24-16-23(27(3,4)5)31-33(24)20-10-8-9-18(2)14-20/h8-12,14-16H,6-7,13,17H2,1-5H3,(H,30,34). The van der Waals surface area contributed by atoms with Gasteiger partial charge < -0.3 is 10.2 Å². The zero-order chi connectivity index (χ0) is 25.8. The molecule has 0 aliphatic carbocycles. The second kappa shape index (κ2) is 11.3. The largest absolute Gasteiger partial charge is 0.329 e. The Balaban J connectivity index is 1.87. The van der Waals surface area contributed by atoms with Gasteiger partial charge in [-0.2, -0.15) is 5.10 Å². The van der Waals surface area contributed by atoms with E-state index in [0.29, 0.717) is 28.0 Å². The van der Waals surface area contributed by atoms with Crippen LogP contribution in [0.15, 0.2) is 48.5 Å². The van der Waals surface area contributed by atoms with E-state index in [2.05, 4.69) is 26.1 Å². The first-order valence-electron chi connectivity index (χ1n) is 11.7. The number of benzene rings is 2. The van der Waals surface area contributed by atoms with Gasteiger partial charge in [0.1, 0.15) is 12.4 Å². The summed E-state index contributed by atoms with van der Waals surface area (Å²) in [5.41, 5.74) is 2.98. The number of aromatic nitrogens is 2. The van der Waals surface area contributed by atoms with Crippen molar-refractivity contribution in [3.8, 4) is 5.69 Å². The highest BCUT2D eigenvalue weighted by Crippen LogP contribution is 2.27. The van der Waals surface area contributed by atoms with Gasteiger partial charge in [-0.05, 0) is 49.2 Å². The molecule has 0 fully saturated rings. The normalized spacial score (nSPS) is 11.4. The van der Waals surface area contributed by atoms with Gasteiger partial charge in [-0.15, -0.1) is 0 Å². The van der Waals surface area contributed by atoms with Crippen LogP contribution in [0, 0.1) is 6.92 Å². The number of carbonyl (C=O) groups excluding carboxylic acids is 2. The number of halogens is 2. The fourth-order valence-corrected chi connectivity index (χ4v) is 3.86. The van der Waals surface area contributed by atoms with Crippen molar-refractivity contribution in [2.45, 2.75) is 52.9 Å². The number of amides is 2. The number of hydrogen-bond acceptors (Lipinski definition) is 3. The highest BCUT2D eigenvalue weighted by Gasteiger charge is 2.24. The van der Waals surface area contributed by atoms with Crippen LogP contribution >= 0.6 is 23.2 Å². The van der Waals surface area contributed by atoms with Gasteiger partial charge in [0, 0.05) is 23.6 Å². The van der Waals surface area contributed by atoms with Crippen LogP contribution in [0.3, 0.4) is 0 Å². The zero-order valence-electron chi connectivity index (χ0n) is 20.9. The lowest BCUT2D eigenvalue weighted by Crippen LogP contribution is -2.39. The molecular formula is C27H32Cl2N4O2. The van der Waals surface area contributed by atoms with Crippen molar-refractivity contribution in [2.24, 2.45) is 0 Å². The summed E-state index contributed by atoms with van der Waals surface area (Å²) in [7, 11) is 0. The zero-order valence-corrected chi connectivity index (χ0v) is 22.4. The summed E-state index contributed by atoms with van der Waals surface area (Å²) in [6.07, 6.45) is 1.66. The molecule has 0 aliphatic heterocycles. The van der Waals surface area contributed by atoms with Crippen molar-refractivity contribution in [1.29, 1.82) is 0 Å². The van der Waals surface area contributed by atoms with Crippen molar-refractivity contribution in [2.75, 3.05) is 18.4 Å². The smallest absolute Gasteiger partial charge is 0.254 e. The minimum Gasteiger partial charge on any atom is -0.329 e. The molecule has 1 heterocycles. The molecule has 3 aromatic rings. The molecule has 186 valence electrons. The number of hydrogen-bond donors (Lipinski definition) is 1. The minimum atomic E-state index is -0.302. The van der Waals surface area contributed by atoms with E-state index >= 15 is 0 Å². The molecule has 6 nitrogen and oxygen atoms in total. The quantitative estimate of drug-likeness (QED) is 0.365. The Morgan fingerprint density at radius 2 is 1.80 bits per heavy atom. The van der Waals surface area contributed by atoms with E-state index in [1.165, 1.54) is 11.0 Å². The molecule has 1 aromatic heterocycles. The van der Waals surface area contributed by atoms with Crippen molar-refractivity contribution < 1.29 is 9.59 Å². The predicted octanol–water partition coefficient (Wildman–Crippen LogP) is 6.67. The number of nitrogens with zero attached hydrogens (tertiary/aromatic N) is 3. The molecule has 0 unspecified atom stereocenters. The average molecular weight is 515 g/mol. The molecule has 0 bridgehead atoms. The minimum absolute atomic E-state index is 0.0943. The van der Waals surface area contributed by atoms with Gasteiger partial charge in [0.25, 0.3) is 5.91 Å². The lowest BCUT2D eigenvalue weighted by Gasteiger charge is -2.22. The first-order chi connectivity index (χ1) is 16.5. The Hall–Kier alpha value is -2.83. The van der Waals surface area contributed by atoms with E-state index in [-0.39, 0.29) is 23.8 Å². The summed E-state index contributed by atoms with van der Waals surface area (Å²) in [6, 6.07) is 14.6. The molecular weight excluding hydrogens is 483 g/mol. The third-order valence-corrected chi connectivity index (χ3v) is 6.30. The van der Waals surface area contributed by atoms with Gasteiger partial charge in [0.05, 0.1) is 21.4 Å². The fraction of sp³-hybridized carbons (Fsp3) is 0.370. The molecule has 35 heavy (non-hydrogen) atoms. The molecule has 0 saturated heterocycles. The van der Waals surface area contributed by atoms with Crippen LogP contribution in [0.2, 0.25) is 10.0 Å². The molecule has 0 aliphatic rings. The van der Waals surface area contributed by atoms with Crippen molar-refractivity contribution in [3.63, 3.8) is 0 Å². The molecule has 0 radical (unpaired) electrons. The van der Waals surface area contributed by atoms with E-state index in [1.54, 1.807) is 16.8 Å². The third-order valence-electron chi connectivity index (χ3n) is 5.56. The van der Waals surface area contributed by atoms with E-state index < -0.39 is 0 Å². The molecule has 0 atom stereocenters. The van der Waals surface area contributed by atoms with E-state index in [9.17, 15) is 9.59 Å². The maximum Gasteiger partial charge on any atom is 0.254 e. The number of anilines is 1. The first kappa shape index (κ1) is 26.8. The number of unbranched alkanes of at least 4 members (excludes halogenated alkanes) is 1. The van der Waals surface area contributed by atoms with E-state index in [0.717, 1.165) is 29.8 Å². The van der Waals surface area contributed by atoms with Gasteiger partial charge in [-0.3, -0.25) is 9.59 Å². The highest BCUT2D eigenvalue weighted by atomic mass is 35.5. The van der Waals surface area contributed by atoms with Crippen molar-refractivity contribution >= 4 is 40.8 Å². The van der Waals surface area contributed by atoms with Crippen LogP contribution in [0.5, 0.6) is 0 Å². The third kappa shape index (κ3) is 6.86. The monoisotopic (exact) mass is 514 g/mol. The highest BCUT2D eigenvalue weighted by molar-refractivity contribution is 6.42.